The summed E-state index contributed by atoms with van der Waals surface area (Å²) in [6.45, 7) is 10.1. The third-order valence-corrected chi connectivity index (χ3v) is 7.20. The molecule has 1 heterocycles. The highest BCUT2D eigenvalue weighted by Gasteiger charge is 2.26. The standard InChI is InChI=1S/C25H29FN4O2S2/c1-15(2)20(27-21(31)17-8-10-18(11-9-17)25(3,4)5)22(32)28-23-29-30-24(34-23)33-14-16-6-12-19(26)13-7-16/h6-13,15,20H,14H2,1-5H3,(H,27,31)(H,28,29,32). The van der Waals surface area contributed by atoms with E-state index in [2.05, 4.69) is 41.6 Å². The number of aromatic nitrogens is 2. The number of halogens is 1. The Morgan fingerprint density at radius 3 is 2.26 bits per heavy atom. The Bertz CT molecular complexity index is 1120. The fraction of sp³-hybridized carbons (Fsp3) is 0.360. The molecule has 0 aliphatic rings. The molecular formula is C25H29FN4O2S2. The molecule has 0 fully saturated rings. The van der Waals surface area contributed by atoms with Gasteiger partial charge in [0.05, 0.1) is 0 Å². The molecular weight excluding hydrogens is 471 g/mol. The molecule has 9 heteroatoms. The van der Waals surface area contributed by atoms with Gasteiger partial charge in [0.1, 0.15) is 11.9 Å². The molecule has 0 radical (unpaired) electrons. The molecule has 1 unspecified atom stereocenters. The van der Waals surface area contributed by atoms with E-state index in [1.165, 1.54) is 35.2 Å². The number of benzene rings is 2. The predicted octanol–water partition coefficient (Wildman–Crippen LogP) is 5.66. The first kappa shape index (κ1) is 25.8. The van der Waals surface area contributed by atoms with Crippen molar-refractivity contribution in [2.45, 2.75) is 56.2 Å². The van der Waals surface area contributed by atoms with Crippen LogP contribution in [0.15, 0.2) is 52.9 Å². The first-order valence-corrected chi connectivity index (χ1v) is 12.8. The maximum absolute atomic E-state index is 13.0. The van der Waals surface area contributed by atoms with Crippen LogP contribution in [0.5, 0.6) is 0 Å². The van der Waals surface area contributed by atoms with Crippen molar-refractivity contribution in [3.63, 3.8) is 0 Å². The Morgan fingerprint density at radius 2 is 1.68 bits per heavy atom. The van der Waals surface area contributed by atoms with Crippen molar-refractivity contribution in [1.82, 2.24) is 15.5 Å². The summed E-state index contributed by atoms with van der Waals surface area (Å²) in [6.07, 6.45) is 0. The molecule has 0 spiro atoms. The van der Waals surface area contributed by atoms with Crippen molar-refractivity contribution in [2.24, 2.45) is 5.92 Å². The van der Waals surface area contributed by atoms with Crippen LogP contribution in [0.2, 0.25) is 0 Å². The van der Waals surface area contributed by atoms with Crippen LogP contribution in [0.25, 0.3) is 0 Å². The minimum atomic E-state index is -0.728. The molecule has 0 saturated heterocycles. The van der Waals surface area contributed by atoms with Crippen molar-refractivity contribution in [2.75, 3.05) is 5.32 Å². The number of hydrogen-bond acceptors (Lipinski definition) is 6. The normalized spacial score (nSPS) is 12.4. The highest BCUT2D eigenvalue weighted by molar-refractivity contribution is 8.00. The van der Waals surface area contributed by atoms with E-state index in [1.807, 2.05) is 26.0 Å². The maximum Gasteiger partial charge on any atom is 0.251 e. The van der Waals surface area contributed by atoms with Crippen LogP contribution < -0.4 is 10.6 Å². The molecule has 3 rings (SSSR count). The second-order valence-electron chi connectivity index (χ2n) is 9.30. The van der Waals surface area contributed by atoms with Crippen LogP contribution in [0.3, 0.4) is 0 Å². The number of hydrogen-bond donors (Lipinski definition) is 2. The molecule has 2 amide bonds. The number of amides is 2. The number of nitrogens with zero attached hydrogens (tertiary/aromatic N) is 2. The first-order chi connectivity index (χ1) is 16.0. The van der Waals surface area contributed by atoms with Gasteiger partial charge < -0.3 is 5.32 Å². The van der Waals surface area contributed by atoms with E-state index in [-0.39, 0.29) is 29.0 Å². The molecule has 0 aliphatic carbocycles. The van der Waals surface area contributed by atoms with Crippen molar-refractivity contribution in [3.05, 3.63) is 71.0 Å². The van der Waals surface area contributed by atoms with E-state index in [0.717, 1.165) is 11.1 Å². The second-order valence-corrected chi connectivity index (χ2v) is 11.5. The molecule has 0 bridgehead atoms. The fourth-order valence-electron chi connectivity index (χ4n) is 3.11. The zero-order valence-electron chi connectivity index (χ0n) is 19.9. The largest absolute Gasteiger partial charge is 0.340 e. The van der Waals surface area contributed by atoms with Crippen molar-refractivity contribution in [1.29, 1.82) is 0 Å². The molecule has 1 atom stereocenters. The predicted molar refractivity (Wildman–Crippen MR) is 136 cm³/mol. The zero-order chi connectivity index (χ0) is 24.9. The topological polar surface area (TPSA) is 84.0 Å². The number of nitrogens with one attached hydrogen (secondary N) is 2. The van der Waals surface area contributed by atoms with Crippen LogP contribution in [0.1, 0.15) is 56.1 Å². The molecule has 6 nitrogen and oxygen atoms in total. The Labute approximate surface area is 207 Å². The third-order valence-electron chi connectivity index (χ3n) is 5.16. The van der Waals surface area contributed by atoms with Gasteiger partial charge in [-0.15, -0.1) is 10.2 Å². The molecule has 0 saturated carbocycles. The van der Waals surface area contributed by atoms with E-state index >= 15 is 0 Å². The summed E-state index contributed by atoms with van der Waals surface area (Å²) in [6, 6.07) is 13.0. The minimum Gasteiger partial charge on any atom is -0.340 e. The van der Waals surface area contributed by atoms with E-state index in [1.54, 1.807) is 24.3 Å². The van der Waals surface area contributed by atoms with Crippen LogP contribution in [0, 0.1) is 11.7 Å². The Balaban J connectivity index is 1.59. The lowest BCUT2D eigenvalue weighted by molar-refractivity contribution is -0.118. The van der Waals surface area contributed by atoms with Crippen molar-refractivity contribution >= 4 is 40.0 Å². The molecule has 1 aromatic heterocycles. The molecule has 0 aliphatic heterocycles. The second kappa shape index (κ2) is 11.1. The molecule has 34 heavy (non-hydrogen) atoms. The lowest BCUT2D eigenvalue weighted by Gasteiger charge is -2.22. The van der Waals surface area contributed by atoms with Crippen LogP contribution in [-0.2, 0) is 16.0 Å². The zero-order valence-corrected chi connectivity index (χ0v) is 21.5. The molecule has 2 N–H and O–H groups in total. The summed E-state index contributed by atoms with van der Waals surface area (Å²) in [5, 5.41) is 14.1. The highest BCUT2D eigenvalue weighted by atomic mass is 32.2. The van der Waals surface area contributed by atoms with E-state index in [4.69, 9.17) is 0 Å². The summed E-state index contributed by atoms with van der Waals surface area (Å²) in [5.74, 6) is -0.439. The monoisotopic (exact) mass is 500 g/mol. The van der Waals surface area contributed by atoms with Crippen molar-refractivity contribution < 1.29 is 14.0 Å². The number of rotatable bonds is 8. The maximum atomic E-state index is 13.0. The van der Waals surface area contributed by atoms with Gasteiger partial charge in [-0.1, -0.05) is 82.0 Å². The van der Waals surface area contributed by atoms with Gasteiger partial charge in [-0.3, -0.25) is 14.9 Å². The first-order valence-electron chi connectivity index (χ1n) is 11.0. The lowest BCUT2D eigenvalue weighted by atomic mass is 9.86. The molecule has 3 aromatic rings. The lowest BCUT2D eigenvalue weighted by Crippen LogP contribution is -2.47. The Hall–Kier alpha value is -2.78. The van der Waals surface area contributed by atoms with Gasteiger partial charge in [-0.2, -0.15) is 0 Å². The Morgan fingerprint density at radius 1 is 1.03 bits per heavy atom. The van der Waals surface area contributed by atoms with Gasteiger partial charge in [-0.25, -0.2) is 4.39 Å². The highest BCUT2D eigenvalue weighted by Crippen LogP contribution is 2.28. The SMILES string of the molecule is CC(C)C(NC(=O)c1ccc(C(C)(C)C)cc1)C(=O)Nc1nnc(SCc2ccc(F)cc2)s1. The van der Waals surface area contributed by atoms with Gasteiger partial charge in [0.15, 0.2) is 4.34 Å². The van der Waals surface area contributed by atoms with E-state index < -0.39 is 6.04 Å². The van der Waals surface area contributed by atoms with Gasteiger partial charge in [0.25, 0.3) is 5.91 Å². The molecule has 2 aromatic carbocycles. The summed E-state index contributed by atoms with van der Waals surface area (Å²) >= 11 is 2.71. The van der Waals surface area contributed by atoms with Gasteiger partial charge in [-0.05, 0) is 46.7 Å². The third kappa shape index (κ3) is 7.11. The number of carbonyl (C=O) groups excluding carboxylic acids is 2. The number of carbonyl (C=O) groups is 2. The van der Waals surface area contributed by atoms with E-state index in [9.17, 15) is 14.0 Å². The minimum absolute atomic E-state index is 0.00669. The smallest absolute Gasteiger partial charge is 0.251 e. The van der Waals surface area contributed by atoms with Gasteiger partial charge >= 0.3 is 0 Å². The summed E-state index contributed by atoms with van der Waals surface area (Å²) in [5.41, 5.74) is 2.59. The number of anilines is 1. The number of thioether (sulfide) groups is 1. The summed E-state index contributed by atoms with van der Waals surface area (Å²) in [4.78, 5) is 25.7. The van der Waals surface area contributed by atoms with E-state index in [0.29, 0.717) is 20.8 Å². The Kier molecular flexibility index (Phi) is 8.43. The summed E-state index contributed by atoms with van der Waals surface area (Å²) in [7, 11) is 0. The van der Waals surface area contributed by atoms with Gasteiger partial charge in [0, 0.05) is 11.3 Å². The average Bonchev–Trinajstić information content (AvgIpc) is 3.23. The quantitative estimate of drug-likeness (QED) is 0.308. The fourth-order valence-corrected chi connectivity index (χ4v) is 4.82. The summed E-state index contributed by atoms with van der Waals surface area (Å²) < 4.78 is 13.7. The van der Waals surface area contributed by atoms with Crippen LogP contribution >= 0.6 is 23.1 Å². The van der Waals surface area contributed by atoms with Crippen LogP contribution in [-0.4, -0.2) is 28.1 Å². The molecule has 180 valence electrons. The van der Waals surface area contributed by atoms with Crippen molar-refractivity contribution in [3.8, 4) is 0 Å². The average molecular weight is 501 g/mol. The van der Waals surface area contributed by atoms with Gasteiger partial charge in [0.2, 0.25) is 11.0 Å². The van der Waals surface area contributed by atoms with Crippen LogP contribution in [0.4, 0.5) is 9.52 Å².